The van der Waals surface area contributed by atoms with E-state index in [0.29, 0.717) is 0 Å². The molecule has 2 aromatic heterocycles. The molecule has 1 aliphatic carbocycles. The molecule has 0 radical (unpaired) electrons. The van der Waals surface area contributed by atoms with E-state index in [0.717, 1.165) is 55.8 Å². The van der Waals surface area contributed by atoms with E-state index in [-0.39, 0.29) is 5.41 Å². The van der Waals surface area contributed by atoms with Crippen LogP contribution in [-0.4, -0.2) is 4.57 Å². The third-order valence-corrected chi connectivity index (χ3v) is 12.8. The summed E-state index contributed by atoms with van der Waals surface area (Å²) >= 11 is 0. The third kappa shape index (κ3) is 5.22. The summed E-state index contributed by atoms with van der Waals surface area (Å²) in [5.41, 5.74) is 18.3. The number of nitrogens with zero attached hydrogens (tertiary/aromatic N) is 2. The van der Waals surface area contributed by atoms with Gasteiger partial charge < -0.3 is 13.9 Å². The molecule has 1 aliphatic rings. The highest BCUT2D eigenvalue weighted by atomic mass is 16.3. The number of anilines is 3. The van der Waals surface area contributed by atoms with E-state index in [1.807, 2.05) is 0 Å². The molecule has 60 heavy (non-hydrogen) atoms. The zero-order valence-corrected chi connectivity index (χ0v) is 33.4. The first-order valence-electron chi connectivity index (χ1n) is 20.8. The van der Waals surface area contributed by atoms with E-state index in [1.54, 1.807) is 0 Å². The minimum absolute atomic E-state index is 0.160. The average molecular weight is 769 g/mol. The number of hydrogen-bond acceptors (Lipinski definition) is 2. The molecule has 0 atom stereocenters. The molecule has 284 valence electrons. The number of fused-ring (bicyclic) bond motifs is 9. The molecule has 9 aromatic carbocycles. The Labute approximate surface area is 349 Å². The Kier molecular flexibility index (Phi) is 7.58. The van der Waals surface area contributed by atoms with Gasteiger partial charge in [-0.15, -0.1) is 0 Å². The Hall–Kier alpha value is -7.62. The lowest BCUT2D eigenvalue weighted by molar-refractivity contribution is 0.660. The smallest absolute Gasteiger partial charge is 0.137 e. The fraction of sp³-hybridized carbons (Fsp3) is 0.0526. The number of para-hydroxylation sites is 1. The molecule has 12 rings (SSSR count). The Balaban J connectivity index is 1.14. The van der Waals surface area contributed by atoms with Gasteiger partial charge in [-0.3, -0.25) is 0 Å². The first-order chi connectivity index (χ1) is 29.5. The highest BCUT2D eigenvalue weighted by Gasteiger charge is 2.36. The first-order valence-corrected chi connectivity index (χ1v) is 20.8. The summed E-state index contributed by atoms with van der Waals surface area (Å²) in [7, 11) is 0. The normalized spacial score (nSPS) is 13.0. The van der Waals surface area contributed by atoms with Crippen LogP contribution in [0.2, 0.25) is 0 Å². The summed E-state index contributed by atoms with van der Waals surface area (Å²) in [5, 5.41) is 4.61. The Morgan fingerprint density at radius 1 is 0.417 bits per heavy atom. The molecule has 0 amide bonds. The van der Waals surface area contributed by atoms with Crippen LogP contribution in [0.25, 0.3) is 82.8 Å². The zero-order valence-electron chi connectivity index (χ0n) is 33.4. The van der Waals surface area contributed by atoms with E-state index in [9.17, 15) is 0 Å². The lowest BCUT2D eigenvalue weighted by Crippen LogP contribution is -2.16. The Morgan fingerprint density at radius 2 is 1.05 bits per heavy atom. The number of rotatable bonds is 6. The van der Waals surface area contributed by atoms with Gasteiger partial charge in [0, 0.05) is 38.6 Å². The van der Waals surface area contributed by atoms with Crippen LogP contribution in [0.4, 0.5) is 17.1 Å². The van der Waals surface area contributed by atoms with E-state index >= 15 is 0 Å². The molecule has 0 N–H and O–H groups in total. The predicted molar refractivity (Wildman–Crippen MR) is 251 cm³/mol. The van der Waals surface area contributed by atoms with Crippen LogP contribution < -0.4 is 4.90 Å². The predicted octanol–water partition coefficient (Wildman–Crippen LogP) is 15.8. The molecular formula is C57H40N2O. The second-order valence-corrected chi connectivity index (χ2v) is 16.5. The Morgan fingerprint density at radius 3 is 1.82 bits per heavy atom. The van der Waals surface area contributed by atoms with Gasteiger partial charge in [0.2, 0.25) is 0 Å². The van der Waals surface area contributed by atoms with Crippen LogP contribution in [0.5, 0.6) is 0 Å². The fourth-order valence-electron chi connectivity index (χ4n) is 9.88. The average Bonchev–Trinajstić information content (AvgIpc) is 3.92. The second-order valence-electron chi connectivity index (χ2n) is 16.5. The maximum Gasteiger partial charge on any atom is 0.137 e. The van der Waals surface area contributed by atoms with Gasteiger partial charge in [0.15, 0.2) is 0 Å². The molecule has 3 heteroatoms. The van der Waals surface area contributed by atoms with Crippen molar-refractivity contribution in [3.8, 4) is 39.1 Å². The molecule has 2 heterocycles. The van der Waals surface area contributed by atoms with E-state index in [2.05, 4.69) is 230 Å². The first kappa shape index (κ1) is 34.4. The van der Waals surface area contributed by atoms with E-state index in [4.69, 9.17) is 4.42 Å². The summed E-state index contributed by atoms with van der Waals surface area (Å²) in [6.07, 6.45) is 0. The molecule has 0 saturated carbocycles. The maximum atomic E-state index is 6.66. The van der Waals surface area contributed by atoms with Crippen LogP contribution >= 0.6 is 0 Å². The van der Waals surface area contributed by atoms with Crippen molar-refractivity contribution in [2.45, 2.75) is 19.3 Å². The standard InChI is InChI=1S/C57H40N2O/c1-57(2)49-22-13-12-21-44(49)45-29-27-42(35-50(45)57)58(52-23-14-24-55-56(52)48-34-40(26-32-54(48)60-55)38-17-8-4-9-18-38)43-28-30-46-47-33-39(37-15-6-3-7-16-37)25-31-51(47)59(53(46)36-43)41-19-10-5-11-20-41/h3-36H,1-2H3. The second kappa shape index (κ2) is 13.2. The fourth-order valence-corrected chi connectivity index (χ4v) is 9.88. The highest BCUT2D eigenvalue weighted by Crippen LogP contribution is 2.52. The lowest BCUT2D eigenvalue weighted by Gasteiger charge is -2.29. The molecule has 11 aromatic rings. The van der Waals surface area contributed by atoms with Gasteiger partial charge in [0.1, 0.15) is 11.2 Å². The van der Waals surface area contributed by atoms with Crippen molar-refractivity contribution in [3.63, 3.8) is 0 Å². The molecule has 3 nitrogen and oxygen atoms in total. The molecule has 0 spiro atoms. The van der Waals surface area contributed by atoms with Crippen LogP contribution in [0.1, 0.15) is 25.0 Å². The minimum atomic E-state index is -0.160. The largest absolute Gasteiger partial charge is 0.456 e. The topological polar surface area (TPSA) is 21.3 Å². The van der Waals surface area contributed by atoms with Crippen molar-refractivity contribution < 1.29 is 4.42 Å². The van der Waals surface area contributed by atoms with Crippen LogP contribution in [-0.2, 0) is 5.41 Å². The number of benzene rings is 9. The zero-order chi connectivity index (χ0) is 40.0. The molecule has 0 unspecified atom stereocenters. The van der Waals surface area contributed by atoms with Gasteiger partial charge in [-0.05, 0) is 117 Å². The van der Waals surface area contributed by atoms with Gasteiger partial charge in [-0.2, -0.15) is 0 Å². The van der Waals surface area contributed by atoms with E-state index < -0.39 is 0 Å². The van der Waals surface area contributed by atoms with Crippen molar-refractivity contribution >= 4 is 60.8 Å². The van der Waals surface area contributed by atoms with Gasteiger partial charge >= 0.3 is 0 Å². The van der Waals surface area contributed by atoms with Crippen molar-refractivity contribution in [1.82, 2.24) is 4.57 Å². The molecule has 0 bridgehead atoms. The lowest BCUT2D eigenvalue weighted by atomic mass is 9.82. The monoisotopic (exact) mass is 768 g/mol. The number of aromatic nitrogens is 1. The van der Waals surface area contributed by atoms with Crippen LogP contribution in [0.15, 0.2) is 211 Å². The van der Waals surface area contributed by atoms with Crippen molar-refractivity contribution in [1.29, 1.82) is 0 Å². The molecule has 0 saturated heterocycles. The minimum Gasteiger partial charge on any atom is -0.456 e. The van der Waals surface area contributed by atoms with Gasteiger partial charge in [0.25, 0.3) is 0 Å². The highest BCUT2D eigenvalue weighted by molar-refractivity contribution is 6.15. The van der Waals surface area contributed by atoms with Crippen molar-refractivity contribution in [2.75, 3.05) is 4.90 Å². The third-order valence-electron chi connectivity index (χ3n) is 12.8. The van der Waals surface area contributed by atoms with Crippen molar-refractivity contribution in [2.24, 2.45) is 0 Å². The SMILES string of the molecule is CC1(C)c2ccccc2-c2ccc(N(c3ccc4c5cc(-c6ccccc6)ccc5n(-c5ccccc5)c4c3)c3cccc4oc5ccc(-c6ccccc6)cc5c34)cc21. The summed E-state index contributed by atoms with van der Waals surface area (Å²) in [4.78, 5) is 2.45. The Bertz CT molecular complexity index is 3450. The van der Waals surface area contributed by atoms with Crippen LogP contribution in [0, 0.1) is 0 Å². The van der Waals surface area contributed by atoms with Gasteiger partial charge in [-0.25, -0.2) is 0 Å². The van der Waals surface area contributed by atoms with Crippen molar-refractivity contribution in [3.05, 3.63) is 217 Å². The molecular weight excluding hydrogens is 729 g/mol. The van der Waals surface area contributed by atoms with E-state index in [1.165, 1.54) is 55.2 Å². The summed E-state index contributed by atoms with van der Waals surface area (Å²) in [6, 6.07) is 74.9. The summed E-state index contributed by atoms with van der Waals surface area (Å²) in [5.74, 6) is 0. The maximum absolute atomic E-state index is 6.66. The summed E-state index contributed by atoms with van der Waals surface area (Å²) in [6.45, 7) is 4.71. The number of furan rings is 1. The van der Waals surface area contributed by atoms with Gasteiger partial charge in [-0.1, -0.05) is 147 Å². The molecule has 0 aliphatic heterocycles. The molecule has 0 fully saturated rings. The quantitative estimate of drug-likeness (QED) is 0.168. The number of hydrogen-bond donors (Lipinski definition) is 0. The summed E-state index contributed by atoms with van der Waals surface area (Å²) < 4.78 is 9.08. The van der Waals surface area contributed by atoms with Crippen LogP contribution in [0.3, 0.4) is 0 Å². The van der Waals surface area contributed by atoms with Gasteiger partial charge in [0.05, 0.1) is 22.1 Å².